The van der Waals surface area contributed by atoms with Crippen molar-refractivity contribution in [2.75, 3.05) is 31.6 Å². The maximum atomic E-state index is 12.2. The first kappa shape index (κ1) is 20.9. The fraction of sp³-hybridized carbons (Fsp3) is 0.562. The van der Waals surface area contributed by atoms with Gasteiger partial charge in [0.2, 0.25) is 0 Å². The molecule has 1 unspecified atom stereocenters. The maximum Gasteiger partial charge on any atom is 0.390 e. The standard InChI is InChI=1S/C16H23F3N4.HI/c1-12-3-5-14(6-4-12)23-10-7-13(11-23)22-15(20-2)21-9-8-16(17,18)19;/h3-6,13H,7-11H2,1-2H3,(H2,20,21,22);1H. The molecule has 1 aliphatic heterocycles. The normalized spacial score (nSPS) is 18.3. The molecular weight excluding hydrogens is 432 g/mol. The van der Waals surface area contributed by atoms with Gasteiger partial charge in [-0.05, 0) is 25.5 Å². The first-order valence-electron chi connectivity index (χ1n) is 7.73. The van der Waals surface area contributed by atoms with E-state index in [1.807, 2.05) is 0 Å². The Morgan fingerprint density at radius 2 is 1.96 bits per heavy atom. The van der Waals surface area contributed by atoms with Crippen LogP contribution in [0.1, 0.15) is 18.4 Å². The fourth-order valence-corrected chi connectivity index (χ4v) is 2.58. The van der Waals surface area contributed by atoms with Gasteiger partial charge in [-0.15, -0.1) is 24.0 Å². The Balaban J connectivity index is 0.00000288. The van der Waals surface area contributed by atoms with Crippen molar-refractivity contribution in [3.63, 3.8) is 0 Å². The van der Waals surface area contributed by atoms with Gasteiger partial charge >= 0.3 is 6.18 Å². The molecule has 1 fully saturated rings. The van der Waals surface area contributed by atoms with Crippen molar-refractivity contribution >= 4 is 35.6 Å². The topological polar surface area (TPSA) is 39.7 Å². The highest BCUT2D eigenvalue weighted by Crippen LogP contribution is 2.21. The number of rotatable bonds is 4. The zero-order valence-corrected chi connectivity index (χ0v) is 16.2. The third-order valence-corrected chi connectivity index (χ3v) is 3.85. The van der Waals surface area contributed by atoms with Gasteiger partial charge in [-0.3, -0.25) is 4.99 Å². The molecule has 1 aliphatic rings. The van der Waals surface area contributed by atoms with Gasteiger partial charge < -0.3 is 15.5 Å². The van der Waals surface area contributed by atoms with Crippen LogP contribution in [-0.4, -0.2) is 44.9 Å². The summed E-state index contributed by atoms with van der Waals surface area (Å²) < 4.78 is 36.5. The zero-order chi connectivity index (χ0) is 16.9. The SMILES string of the molecule is CN=C(NCCC(F)(F)F)NC1CCN(c2ccc(C)cc2)C1.I. The van der Waals surface area contributed by atoms with Crippen LogP contribution in [0.2, 0.25) is 0 Å². The number of guanidine groups is 1. The predicted octanol–water partition coefficient (Wildman–Crippen LogP) is 3.31. The smallest absolute Gasteiger partial charge is 0.369 e. The minimum absolute atomic E-state index is 0. The molecule has 2 N–H and O–H groups in total. The zero-order valence-electron chi connectivity index (χ0n) is 13.9. The molecule has 1 atom stereocenters. The predicted molar refractivity (Wildman–Crippen MR) is 102 cm³/mol. The number of aryl methyl sites for hydroxylation is 1. The summed E-state index contributed by atoms with van der Waals surface area (Å²) in [6.45, 7) is 3.61. The third kappa shape index (κ3) is 6.74. The van der Waals surface area contributed by atoms with E-state index >= 15 is 0 Å². The average molecular weight is 456 g/mol. The lowest BCUT2D eigenvalue weighted by Crippen LogP contribution is -2.45. The van der Waals surface area contributed by atoms with Gasteiger partial charge in [-0.1, -0.05) is 17.7 Å². The van der Waals surface area contributed by atoms with E-state index in [2.05, 4.69) is 51.7 Å². The van der Waals surface area contributed by atoms with Crippen LogP contribution in [-0.2, 0) is 0 Å². The molecule has 0 aromatic heterocycles. The third-order valence-electron chi connectivity index (χ3n) is 3.85. The van der Waals surface area contributed by atoms with Crippen molar-refractivity contribution < 1.29 is 13.2 Å². The number of hydrogen-bond donors (Lipinski definition) is 2. The lowest BCUT2D eigenvalue weighted by molar-refractivity contribution is -0.132. The summed E-state index contributed by atoms with van der Waals surface area (Å²) in [5, 5.41) is 5.91. The number of halogens is 4. The van der Waals surface area contributed by atoms with Crippen molar-refractivity contribution in [1.29, 1.82) is 0 Å². The number of nitrogens with one attached hydrogen (secondary N) is 2. The molecule has 0 bridgehead atoms. The quantitative estimate of drug-likeness (QED) is 0.415. The van der Waals surface area contributed by atoms with Crippen molar-refractivity contribution in [3.8, 4) is 0 Å². The minimum Gasteiger partial charge on any atom is -0.369 e. The van der Waals surface area contributed by atoms with Crippen LogP contribution in [0.25, 0.3) is 0 Å². The number of alkyl halides is 3. The van der Waals surface area contributed by atoms with Crippen molar-refractivity contribution in [2.45, 2.75) is 32.0 Å². The van der Waals surface area contributed by atoms with Gasteiger partial charge in [0, 0.05) is 38.4 Å². The average Bonchev–Trinajstić information content (AvgIpc) is 2.94. The highest BCUT2D eigenvalue weighted by Gasteiger charge is 2.27. The molecule has 1 aromatic rings. The highest BCUT2D eigenvalue weighted by molar-refractivity contribution is 14.0. The second-order valence-corrected chi connectivity index (χ2v) is 5.78. The molecule has 2 rings (SSSR count). The summed E-state index contributed by atoms with van der Waals surface area (Å²) in [6, 6.07) is 8.51. The maximum absolute atomic E-state index is 12.2. The Kier molecular flexibility index (Phi) is 8.11. The molecule has 0 radical (unpaired) electrons. The Morgan fingerprint density at radius 3 is 2.54 bits per heavy atom. The molecule has 1 saturated heterocycles. The second kappa shape index (κ2) is 9.33. The lowest BCUT2D eigenvalue weighted by Gasteiger charge is -2.20. The van der Waals surface area contributed by atoms with Gasteiger partial charge in [0.05, 0.1) is 6.42 Å². The van der Waals surface area contributed by atoms with E-state index in [0.29, 0.717) is 5.96 Å². The summed E-state index contributed by atoms with van der Waals surface area (Å²) in [7, 11) is 1.57. The molecule has 1 heterocycles. The minimum atomic E-state index is -4.15. The van der Waals surface area contributed by atoms with E-state index < -0.39 is 12.6 Å². The largest absolute Gasteiger partial charge is 0.390 e. The van der Waals surface area contributed by atoms with Crippen LogP contribution in [0.15, 0.2) is 29.3 Å². The van der Waals surface area contributed by atoms with E-state index in [1.54, 1.807) is 7.05 Å². The summed E-state index contributed by atoms with van der Waals surface area (Å²) in [4.78, 5) is 6.25. The monoisotopic (exact) mass is 456 g/mol. The molecule has 136 valence electrons. The number of aliphatic imine (C=N–C) groups is 1. The lowest BCUT2D eigenvalue weighted by atomic mass is 10.2. The molecule has 0 saturated carbocycles. The van der Waals surface area contributed by atoms with E-state index in [-0.39, 0.29) is 36.6 Å². The molecule has 4 nitrogen and oxygen atoms in total. The van der Waals surface area contributed by atoms with E-state index in [0.717, 1.165) is 19.5 Å². The number of benzene rings is 1. The van der Waals surface area contributed by atoms with Crippen LogP contribution in [0, 0.1) is 6.92 Å². The van der Waals surface area contributed by atoms with Crippen LogP contribution >= 0.6 is 24.0 Å². The molecule has 1 aromatic carbocycles. The highest BCUT2D eigenvalue weighted by atomic mass is 127. The van der Waals surface area contributed by atoms with Crippen molar-refractivity contribution in [3.05, 3.63) is 29.8 Å². The van der Waals surface area contributed by atoms with E-state index in [1.165, 1.54) is 11.3 Å². The Hall–Kier alpha value is -1.19. The number of anilines is 1. The Labute approximate surface area is 157 Å². The Morgan fingerprint density at radius 1 is 1.29 bits per heavy atom. The summed E-state index contributed by atoms with van der Waals surface area (Å²) >= 11 is 0. The molecular formula is C16H24F3IN4. The molecule has 0 spiro atoms. The van der Waals surface area contributed by atoms with E-state index in [4.69, 9.17) is 0 Å². The molecule has 24 heavy (non-hydrogen) atoms. The van der Waals surface area contributed by atoms with Crippen LogP contribution in [0.4, 0.5) is 18.9 Å². The summed E-state index contributed by atoms with van der Waals surface area (Å²) in [5.74, 6) is 0.421. The van der Waals surface area contributed by atoms with Gasteiger partial charge in [-0.2, -0.15) is 13.2 Å². The van der Waals surface area contributed by atoms with Gasteiger partial charge in [0.1, 0.15) is 0 Å². The van der Waals surface area contributed by atoms with Gasteiger partial charge in [0.25, 0.3) is 0 Å². The van der Waals surface area contributed by atoms with Crippen LogP contribution in [0.3, 0.4) is 0 Å². The Bertz CT molecular complexity index is 531. The van der Waals surface area contributed by atoms with Crippen LogP contribution < -0.4 is 15.5 Å². The first-order chi connectivity index (χ1) is 10.9. The molecule has 0 aliphatic carbocycles. The second-order valence-electron chi connectivity index (χ2n) is 5.78. The van der Waals surface area contributed by atoms with Gasteiger partial charge in [-0.25, -0.2) is 0 Å². The fourth-order valence-electron chi connectivity index (χ4n) is 2.58. The summed E-state index contributed by atoms with van der Waals surface area (Å²) in [5.41, 5.74) is 2.39. The van der Waals surface area contributed by atoms with Crippen LogP contribution in [0.5, 0.6) is 0 Å². The van der Waals surface area contributed by atoms with Crippen molar-refractivity contribution in [1.82, 2.24) is 10.6 Å². The van der Waals surface area contributed by atoms with E-state index in [9.17, 15) is 13.2 Å². The number of nitrogens with zero attached hydrogens (tertiary/aromatic N) is 2. The van der Waals surface area contributed by atoms with Gasteiger partial charge in [0.15, 0.2) is 5.96 Å². The number of hydrogen-bond acceptors (Lipinski definition) is 2. The van der Waals surface area contributed by atoms with Crippen molar-refractivity contribution in [2.24, 2.45) is 4.99 Å². The first-order valence-corrected chi connectivity index (χ1v) is 7.73. The molecule has 8 heteroatoms. The summed E-state index contributed by atoms with van der Waals surface area (Å²) in [6.07, 6.45) is -4.09. The molecule has 0 amide bonds.